The Kier molecular flexibility index (Phi) is 7.38. The van der Waals surface area contributed by atoms with Crippen LogP contribution >= 0.6 is 23.1 Å². The number of aryl methyl sites for hydroxylation is 1. The number of H-pyrrole nitrogens is 1. The molecule has 0 radical (unpaired) electrons. The molecule has 0 aliphatic carbocycles. The van der Waals surface area contributed by atoms with E-state index < -0.39 is 46.5 Å². The molecule has 0 spiro atoms. The first-order chi connectivity index (χ1) is 20.5. The monoisotopic (exact) mass is 625 g/mol. The van der Waals surface area contributed by atoms with E-state index in [0.717, 1.165) is 51.8 Å². The molecule has 0 saturated carbocycles. The maximum Gasteiger partial charge on any atom is 0.416 e. The van der Waals surface area contributed by atoms with E-state index in [4.69, 9.17) is 4.74 Å². The van der Waals surface area contributed by atoms with Gasteiger partial charge in [0.2, 0.25) is 11.8 Å². The summed E-state index contributed by atoms with van der Waals surface area (Å²) in [5, 5.41) is 2.14. The van der Waals surface area contributed by atoms with Crippen LogP contribution in [0, 0.1) is 12.8 Å². The van der Waals surface area contributed by atoms with Gasteiger partial charge in [-0.15, -0.1) is 0 Å². The van der Waals surface area contributed by atoms with Gasteiger partial charge in [0, 0.05) is 22.0 Å². The highest BCUT2D eigenvalue weighted by Crippen LogP contribution is 2.54. The number of fused-ring (bicyclic) bond motifs is 2. The van der Waals surface area contributed by atoms with E-state index in [1.54, 1.807) is 36.4 Å². The Morgan fingerprint density at radius 2 is 1.74 bits per heavy atom. The summed E-state index contributed by atoms with van der Waals surface area (Å²) in [5.41, 5.74) is 0.907. The molecule has 3 amide bonds. The summed E-state index contributed by atoms with van der Waals surface area (Å²) >= 11 is 1.90. The smallest absolute Gasteiger partial charge is 0.416 e. The number of nitrogens with one attached hydrogen (secondary N) is 2. The van der Waals surface area contributed by atoms with Crippen LogP contribution in [0.25, 0.3) is 0 Å². The Morgan fingerprint density at radius 3 is 2.49 bits per heavy atom. The third-order valence-corrected chi connectivity index (χ3v) is 9.60. The fourth-order valence-corrected chi connectivity index (χ4v) is 7.78. The lowest BCUT2D eigenvalue weighted by atomic mass is 9.82. The normalized spacial score (nSPS) is 19.6. The van der Waals surface area contributed by atoms with E-state index in [0.29, 0.717) is 21.2 Å². The third kappa shape index (κ3) is 5.45. The number of thiazole rings is 1. The molecular formula is C30H22F3N3O5S2. The molecule has 2 aliphatic heterocycles. The largest absolute Gasteiger partial charge is 0.483 e. The number of aromatic amines is 1. The summed E-state index contributed by atoms with van der Waals surface area (Å²) < 4.78 is 46.3. The van der Waals surface area contributed by atoms with Crippen LogP contribution in [-0.4, -0.2) is 34.6 Å². The standard InChI is InChI=1S/C30H22F3N3O5S2/c1-15-9-11-17(12-10-15)34-21(37)14-41-20-8-3-2-7-19(20)22-23-25(42-26-24(22)43-29(40)35-26)28(39)36(27(23)38)18-6-4-5-16(13-18)30(31,32)33/h2-13,22-23,25H,14H2,1H3,(H,34,37)(H,35,40). The molecule has 220 valence electrons. The van der Waals surface area contributed by atoms with Crippen LogP contribution in [0.1, 0.15) is 27.5 Å². The highest BCUT2D eigenvalue weighted by molar-refractivity contribution is 8.00. The number of hydrogen-bond acceptors (Lipinski definition) is 7. The number of alkyl halides is 3. The van der Waals surface area contributed by atoms with Crippen LogP contribution in [-0.2, 0) is 20.6 Å². The average molecular weight is 626 g/mol. The van der Waals surface area contributed by atoms with Gasteiger partial charge < -0.3 is 15.0 Å². The van der Waals surface area contributed by atoms with Crippen molar-refractivity contribution in [3.05, 3.63) is 104 Å². The van der Waals surface area contributed by atoms with Crippen molar-refractivity contribution < 1.29 is 32.3 Å². The minimum atomic E-state index is -4.67. The molecule has 1 aromatic heterocycles. The summed E-state index contributed by atoms with van der Waals surface area (Å²) in [6, 6.07) is 18.0. The van der Waals surface area contributed by atoms with Crippen LogP contribution in [0.15, 0.2) is 82.6 Å². The number of carbonyl (C=O) groups excluding carboxylic acids is 3. The number of amides is 3. The molecule has 1 fully saturated rings. The number of para-hydroxylation sites is 1. The van der Waals surface area contributed by atoms with Gasteiger partial charge in [0.1, 0.15) is 11.0 Å². The van der Waals surface area contributed by atoms with E-state index in [1.807, 2.05) is 19.1 Å². The van der Waals surface area contributed by atoms with Gasteiger partial charge in [-0.1, -0.05) is 65.1 Å². The second-order valence-electron chi connectivity index (χ2n) is 10.1. The van der Waals surface area contributed by atoms with E-state index in [1.165, 1.54) is 6.07 Å². The van der Waals surface area contributed by atoms with Crippen molar-refractivity contribution in [3.8, 4) is 5.75 Å². The Morgan fingerprint density at radius 1 is 1.00 bits per heavy atom. The zero-order chi connectivity index (χ0) is 30.5. The average Bonchev–Trinajstić information content (AvgIpc) is 3.47. The first-order valence-electron chi connectivity index (χ1n) is 13.0. The number of rotatable bonds is 6. The number of hydrogen-bond donors (Lipinski definition) is 2. The molecule has 3 aromatic carbocycles. The highest BCUT2D eigenvalue weighted by atomic mass is 32.2. The molecule has 0 bridgehead atoms. The van der Waals surface area contributed by atoms with Gasteiger partial charge in [-0.2, -0.15) is 13.2 Å². The first-order valence-corrected chi connectivity index (χ1v) is 14.7. The van der Waals surface area contributed by atoms with Crippen LogP contribution in [0.2, 0.25) is 0 Å². The first kappa shape index (κ1) is 28.7. The second-order valence-corrected chi connectivity index (χ2v) is 12.2. The van der Waals surface area contributed by atoms with E-state index in [2.05, 4.69) is 10.3 Å². The predicted octanol–water partition coefficient (Wildman–Crippen LogP) is 5.58. The van der Waals surface area contributed by atoms with Gasteiger partial charge in [-0.05, 0) is 43.3 Å². The molecule has 4 aromatic rings. The molecule has 6 rings (SSSR count). The molecule has 8 nitrogen and oxygen atoms in total. The van der Waals surface area contributed by atoms with Crippen molar-refractivity contribution >= 4 is 52.2 Å². The molecular weight excluding hydrogens is 603 g/mol. The van der Waals surface area contributed by atoms with E-state index in [9.17, 15) is 32.3 Å². The van der Waals surface area contributed by atoms with Gasteiger partial charge in [0.25, 0.3) is 5.91 Å². The summed E-state index contributed by atoms with van der Waals surface area (Å²) in [7, 11) is 0. The molecule has 13 heteroatoms. The van der Waals surface area contributed by atoms with Gasteiger partial charge in [-0.3, -0.25) is 19.2 Å². The second kappa shape index (κ2) is 11.0. The van der Waals surface area contributed by atoms with Crippen molar-refractivity contribution in [2.24, 2.45) is 5.92 Å². The Labute approximate surface area is 250 Å². The zero-order valence-electron chi connectivity index (χ0n) is 22.3. The van der Waals surface area contributed by atoms with Crippen LogP contribution in [0.3, 0.4) is 0 Å². The van der Waals surface area contributed by atoms with Gasteiger partial charge in [0.05, 0.1) is 22.2 Å². The van der Waals surface area contributed by atoms with Crippen LogP contribution < -0.4 is 19.8 Å². The molecule has 1 saturated heterocycles. The molecule has 43 heavy (non-hydrogen) atoms. The van der Waals surface area contributed by atoms with Crippen molar-refractivity contribution in [2.75, 3.05) is 16.8 Å². The number of benzene rings is 3. The molecule has 3 atom stereocenters. The quantitative estimate of drug-likeness (QED) is 0.271. The summed E-state index contributed by atoms with van der Waals surface area (Å²) in [6.45, 7) is 1.56. The fourth-order valence-electron chi connectivity index (χ4n) is 5.27. The minimum Gasteiger partial charge on any atom is -0.483 e. The van der Waals surface area contributed by atoms with E-state index >= 15 is 0 Å². The fraction of sp³-hybridized carbons (Fsp3) is 0.200. The van der Waals surface area contributed by atoms with Crippen LogP contribution in [0.5, 0.6) is 5.75 Å². The van der Waals surface area contributed by atoms with Gasteiger partial charge in [0.15, 0.2) is 6.61 Å². The number of anilines is 2. The SMILES string of the molecule is Cc1ccc(NC(=O)COc2ccccc2C2c3sc(=O)[nH]c3SC3C(=O)N(c4cccc(C(F)(F)F)c4)C(=O)C32)cc1. The summed E-state index contributed by atoms with van der Waals surface area (Å²) in [6.07, 6.45) is -4.67. The molecule has 2 N–H and O–H groups in total. The summed E-state index contributed by atoms with van der Waals surface area (Å²) in [4.78, 5) is 56.3. The van der Waals surface area contributed by atoms with Crippen molar-refractivity contribution in [3.63, 3.8) is 0 Å². The minimum absolute atomic E-state index is 0.187. The Balaban J connectivity index is 1.34. The summed E-state index contributed by atoms with van der Waals surface area (Å²) in [5.74, 6) is -3.42. The molecule has 2 aliphatic rings. The van der Waals surface area contributed by atoms with Crippen LogP contribution in [0.4, 0.5) is 24.5 Å². The van der Waals surface area contributed by atoms with Gasteiger partial charge in [-0.25, -0.2) is 4.90 Å². The maximum absolute atomic E-state index is 13.9. The van der Waals surface area contributed by atoms with Crippen molar-refractivity contribution in [1.82, 2.24) is 4.98 Å². The van der Waals surface area contributed by atoms with Crippen molar-refractivity contribution in [2.45, 2.75) is 29.3 Å². The number of nitrogens with zero attached hydrogens (tertiary/aromatic N) is 1. The predicted molar refractivity (Wildman–Crippen MR) is 156 cm³/mol. The Bertz CT molecular complexity index is 1800. The lowest BCUT2D eigenvalue weighted by Crippen LogP contribution is -2.32. The number of imide groups is 1. The van der Waals surface area contributed by atoms with Crippen molar-refractivity contribution in [1.29, 1.82) is 0 Å². The Hall–Kier alpha value is -4.36. The lowest BCUT2D eigenvalue weighted by molar-refractivity contribution is -0.137. The number of halogens is 3. The number of carbonyl (C=O) groups is 3. The molecule has 3 unspecified atom stereocenters. The van der Waals surface area contributed by atoms with E-state index in [-0.39, 0.29) is 22.9 Å². The topological polar surface area (TPSA) is 109 Å². The third-order valence-electron chi connectivity index (χ3n) is 7.20. The zero-order valence-corrected chi connectivity index (χ0v) is 23.9. The molecule has 3 heterocycles. The maximum atomic E-state index is 13.9. The number of thioether (sulfide) groups is 1. The highest BCUT2D eigenvalue weighted by Gasteiger charge is 2.57. The van der Waals surface area contributed by atoms with Gasteiger partial charge >= 0.3 is 11.0 Å². The number of ether oxygens (including phenoxy) is 1. The lowest BCUT2D eigenvalue weighted by Gasteiger charge is -2.30. The number of aromatic nitrogens is 1.